The molecule has 15 heavy (non-hydrogen) atoms. The first-order chi connectivity index (χ1) is 7.31. The van der Waals surface area contributed by atoms with E-state index in [0.29, 0.717) is 0 Å². The fourth-order valence-corrected chi connectivity index (χ4v) is 2.16. The van der Waals surface area contributed by atoms with Crippen molar-refractivity contribution in [3.05, 3.63) is 34.9 Å². The van der Waals surface area contributed by atoms with Crippen molar-refractivity contribution in [2.24, 2.45) is 0 Å². The molecule has 0 aromatic heterocycles. The van der Waals surface area contributed by atoms with Crippen LogP contribution in [-0.4, -0.2) is 5.11 Å². The van der Waals surface area contributed by atoms with E-state index < -0.39 is 6.10 Å². The van der Waals surface area contributed by atoms with Crippen LogP contribution in [0.5, 0.6) is 0 Å². The Balaban J connectivity index is 2.24. The van der Waals surface area contributed by atoms with Gasteiger partial charge in [-0.2, -0.15) is 5.26 Å². The zero-order chi connectivity index (χ0) is 10.7. The third-order valence-electron chi connectivity index (χ3n) is 3.04. The monoisotopic (exact) mass is 201 g/mol. The molecule has 1 N–H and O–H groups in total. The average Bonchev–Trinajstić information content (AvgIpc) is 2.29. The molecule has 0 saturated heterocycles. The molecule has 1 aliphatic carbocycles. The Hall–Kier alpha value is -1.33. The summed E-state index contributed by atoms with van der Waals surface area (Å²) in [6.45, 7) is 0. The van der Waals surface area contributed by atoms with Gasteiger partial charge in [-0.15, -0.1) is 0 Å². The van der Waals surface area contributed by atoms with Gasteiger partial charge in [-0.3, -0.25) is 0 Å². The largest absolute Gasteiger partial charge is 0.387 e. The van der Waals surface area contributed by atoms with Gasteiger partial charge in [-0.1, -0.05) is 18.2 Å². The van der Waals surface area contributed by atoms with Crippen LogP contribution in [-0.2, 0) is 12.8 Å². The lowest BCUT2D eigenvalue weighted by atomic mass is 9.89. The lowest BCUT2D eigenvalue weighted by molar-refractivity contribution is 0.183. The first kappa shape index (κ1) is 10.2. The van der Waals surface area contributed by atoms with Crippen molar-refractivity contribution in [2.75, 3.05) is 0 Å². The minimum Gasteiger partial charge on any atom is -0.387 e. The molecule has 0 heterocycles. The lowest BCUT2D eigenvalue weighted by Gasteiger charge is -2.17. The number of aryl methyl sites for hydroxylation is 2. The molecule has 2 nitrogen and oxygen atoms in total. The minimum absolute atomic E-state index is 0.179. The Labute approximate surface area is 90.2 Å². The molecule has 1 atom stereocenters. The minimum atomic E-state index is -0.623. The number of nitrogens with zero attached hydrogens (tertiary/aromatic N) is 1. The van der Waals surface area contributed by atoms with Gasteiger partial charge in [0.2, 0.25) is 0 Å². The molecule has 78 valence electrons. The Kier molecular flexibility index (Phi) is 3.03. The zero-order valence-corrected chi connectivity index (χ0v) is 8.74. The molecule has 2 heteroatoms. The standard InChI is InChI=1S/C13H15NO/c14-8-7-13(15)12-6-5-10-3-1-2-4-11(10)9-12/h5-6,9,13,15H,1-4,7H2. The summed E-state index contributed by atoms with van der Waals surface area (Å²) in [5.41, 5.74) is 3.65. The summed E-state index contributed by atoms with van der Waals surface area (Å²) in [4.78, 5) is 0. The number of benzene rings is 1. The maximum Gasteiger partial charge on any atom is 0.0920 e. The molecule has 2 rings (SSSR count). The molecule has 1 aromatic carbocycles. The third-order valence-corrected chi connectivity index (χ3v) is 3.04. The van der Waals surface area contributed by atoms with E-state index in [1.165, 1.54) is 24.0 Å². The maximum absolute atomic E-state index is 9.70. The average molecular weight is 201 g/mol. The second-order valence-electron chi connectivity index (χ2n) is 4.11. The third kappa shape index (κ3) is 2.19. The van der Waals surface area contributed by atoms with E-state index in [1.54, 1.807) is 0 Å². The molecule has 0 spiro atoms. The van der Waals surface area contributed by atoms with Crippen molar-refractivity contribution in [3.8, 4) is 6.07 Å². The molecule has 0 radical (unpaired) electrons. The van der Waals surface area contributed by atoms with Gasteiger partial charge < -0.3 is 5.11 Å². The molecule has 1 aliphatic rings. The zero-order valence-electron chi connectivity index (χ0n) is 8.74. The SMILES string of the molecule is N#CCC(O)c1ccc2c(c1)CCCC2. The van der Waals surface area contributed by atoms with Gasteiger partial charge in [-0.25, -0.2) is 0 Å². The fraction of sp³-hybridized carbons (Fsp3) is 0.462. The van der Waals surface area contributed by atoms with Crippen molar-refractivity contribution < 1.29 is 5.11 Å². The lowest BCUT2D eigenvalue weighted by Crippen LogP contribution is -2.05. The predicted molar refractivity (Wildman–Crippen MR) is 58.3 cm³/mol. The number of aliphatic hydroxyl groups is 1. The van der Waals surface area contributed by atoms with E-state index in [2.05, 4.69) is 12.1 Å². The number of hydrogen-bond donors (Lipinski definition) is 1. The van der Waals surface area contributed by atoms with Crippen LogP contribution in [0.1, 0.15) is 42.1 Å². The van der Waals surface area contributed by atoms with Gasteiger partial charge >= 0.3 is 0 Å². The molecule has 0 aliphatic heterocycles. The molecular weight excluding hydrogens is 186 g/mol. The Morgan fingerprint density at radius 2 is 2.00 bits per heavy atom. The second kappa shape index (κ2) is 4.46. The molecule has 1 aromatic rings. The van der Waals surface area contributed by atoms with Crippen LogP contribution in [0.2, 0.25) is 0 Å². The summed E-state index contributed by atoms with van der Waals surface area (Å²) in [6, 6.07) is 8.11. The summed E-state index contributed by atoms with van der Waals surface area (Å²) >= 11 is 0. The summed E-state index contributed by atoms with van der Waals surface area (Å²) in [5.74, 6) is 0. The number of hydrogen-bond acceptors (Lipinski definition) is 2. The first-order valence-corrected chi connectivity index (χ1v) is 5.48. The van der Waals surface area contributed by atoms with Crippen molar-refractivity contribution >= 4 is 0 Å². The number of rotatable bonds is 2. The second-order valence-corrected chi connectivity index (χ2v) is 4.11. The Morgan fingerprint density at radius 3 is 2.73 bits per heavy atom. The van der Waals surface area contributed by atoms with Crippen LogP contribution in [0.25, 0.3) is 0 Å². The Morgan fingerprint density at radius 1 is 1.27 bits per heavy atom. The Bertz CT molecular complexity index is 392. The highest BCUT2D eigenvalue weighted by Gasteiger charge is 2.12. The van der Waals surface area contributed by atoms with E-state index in [1.807, 2.05) is 12.1 Å². The van der Waals surface area contributed by atoms with Gasteiger partial charge in [-0.05, 0) is 42.4 Å². The highest BCUT2D eigenvalue weighted by Crippen LogP contribution is 2.25. The van der Waals surface area contributed by atoms with E-state index in [-0.39, 0.29) is 6.42 Å². The summed E-state index contributed by atoms with van der Waals surface area (Å²) in [5, 5.41) is 18.2. The number of nitriles is 1. The van der Waals surface area contributed by atoms with Crippen molar-refractivity contribution in [1.29, 1.82) is 5.26 Å². The molecular formula is C13H15NO. The van der Waals surface area contributed by atoms with Crippen molar-refractivity contribution in [1.82, 2.24) is 0 Å². The molecule has 0 bridgehead atoms. The summed E-state index contributed by atoms with van der Waals surface area (Å²) in [7, 11) is 0. The first-order valence-electron chi connectivity index (χ1n) is 5.48. The van der Waals surface area contributed by atoms with E-state index in [0.717, 1.165) is 18.4 Å². The molecule has 0 amide bonds. The van der Waals surface area contributed by atoms with Crippen LogP contribution in [0, 0.1) is 11.3 Å². The van der Waals surface area contributed by atoms with Crippen molar-refractivity contribution in [2.45, 2.75) is 38.2 Å². The molecule has 0 saturated carbocycles. The quantitative estimate of drug-likeness (QED) is 0.799. The maximum atomic E-state index is 9.70. The van der Waals surface area contributed by atoms with Gasteiger partial charge in [0.1, 0.15) is 0 Å². The van der Waals surface area contributed by atoms with Crippen LogP contribution in [0.3, 0.4) is 0 Å². The van der Waals surface area contributed by atoms with Crippen LogP contribution >= 0.6 is 0 Å². The topological polar surface area (TPSA) is 44.0 Å². The summed E-state index contributed by atoms with van der Waals surface area (Å²) < 4.78 is 0. The fourth-order valence-electron chi connectivity index (χ4n) is 2.16. The normalized spacial score (nSPS) is 16.5. The smallest absolute Gasteiger partial charge is 0.0920 e. The number of fused-ring (bicyclic) bond motifs is 1. The van der Waals surface area contributed by atoms with Gasteiger partial charge in [0, 0.05) is 0 Å². The molecule has 1 unspecified atom stereocenters. The van der Waals surface area contributed by atoms with Crippen LogP contribution < -0.4 is 0 Å². The number of aliphatic hydroxyl groups excluding tert-OH is 1. The summed E-state index contributed by atoms with van der Waals surface area (Å²) in [6.07, 6.45) is 4.34. The highest BCUT2D eigenvalue weighted by molar-refractivity contribution is 5.34. The predicted octanol–water partition coefficient (Wildman–Crippen LogP) is 2.51. The van der Waals surface area contributed by atoms with E-state index in [9.17, 15) is 5.11 Å². The van der Waals surface area contributed by atoms with Gasteiger partial charge in [0.05, 0.1) is 18.6 Å². The van der Waals surface area contributed by atoms with Crippen molar-refractivity contribution in [3.63, 3.8) is 0 Å². The molecule has 0 fully saturated rings. The van der Waals surface area contributed by atoms with Crippen LogP contribution in [0.15, 0.2) is 18.2 Å². The van der Waals surface area contributed by atoms with Gasteiger partial charge in [0.25, 0.3) is 0 Å². The van der Waals surface area contributed by atoms with E-state index in [4.69, 9.17) is 5.26 Å². The van der Waals surface area contributed by atoms with E-state index >= 15 is 0 Å². The van der Waals surface area contributed by atoms with Gasteiger partial charge in [0.15, 0.2) is 0 Å². The van der Waals surface area contributed by atoms with Crippen LogP contribution in [0.4, 0.5) is 0 Å². The highest BCUT2D eigenvalue weighted by atomic mass is 16.3.